The number of sulfonamides is 1. The van der Waals surface area contributed by atoms with E-state index in [0.29, 0.717) is 37.4 Å². The zero-order valence-electron chi connectivity index (χ0n) is 18.7. The van der Waals surface area contributed by atoms with Gasteiger partial charge in [0.05, 0.1) is 9.82 Å². The van der Waals surface area contributed by atoms with Crippen LogP contribution in [0.25, 0.3) is 0 Å². The Morgan fingerprint density at radius 1 is 1.03 bits per heavy atom. The number of rotatable bonds is 5. The van der Waals surface area contributed by atoms with Crippen LogP contribution in [0.1, 0.15) is 36.7 Å². The number of amides is 1. The molecule has 0 unspecified atom stereocenters. The van der Waals surface area contributed by atoms with Gasteiger partial charge in [-0.1, -0.05) is 26.8 Å². The highest BCUT2D eigenvalue weighted by Crippen LogP contribution is 2.32. The minimum atomic E-state index is -3.60. The van der Waals surface area contributed by atoms with E-state index in [9.17, 15) is 23.3 Å². The molecule has 1 aliphatic rings. The lowest BCUT2D eigenvalue weighted by Crippen LogP contribution is -2.46. The SMILES string of the molecule is CN1CCN(S(=O)(=O)c2ccc(NC(=O)c3ccc(C(C)(C)C)c([N+](=O)[O-])c3)cc2)CC1. The van der Waals surface area contributed by atoms with Crippen molar-refractivity contribution in [1.29, 1.82) is 0 Å². The summed E-state index contributed by atoms with van der Waals surface area (Å²) in [5.41, 5.74) is 0.535. The highest BCUT2D eigenvalue weighted by atomic mass is 32.2. The number of nitrogens with one attached hydrogen (secondary N) is 1. The first kappa shape index (κ1) is 23.8. The molecule has 0 radical (unpaired) electrons. The summed E-state index contributed by atoms with van der Waals surface area (Å²) in [4.78, 5) is 25.9. The second-order valence-electron chi connectivity index (χ2n) is 8.92. The quantitative estimate of drug-likeness (QED) is 0.542. The van der Waals surface area contributed by atoms with Crippen molar-refractivity contribution in [2.24, 2.45) is 0 Å². The van der Waals surface area contributed by atoms with Crippen molar-refractivity contribution in [3.63, 3.8) is 0 Å². The van der Waals surface area contributed by atoms with Crippen LogP contribution in [0.3, 0.4) is 0 Å². The van der Waals surface area contributed by atoms with Crippen molar-refractivity contribution >= 4 is 27.3 Å². The van der Waals surface area contributed by atoms with E-state index < -0.39 is 26.3 Å². The number of nitro benzene ring substituents is 1. The molecule has 2 aromatic carbocycles. The van der Waals surface area contributed by atoms with Gasteiger partial charge >= 0.3 is 0 Å². The lowest BCUT2D eigenvalue weighted by Gasteiger charge is -2.31. The second kappa shape index (κ2) is 8.97. The standard InChI is InChI=1S/C22H28N4O5S/c1-22(2,3)19-10-5-16(15-20(19)26(28)29)21(27)23-17-6-8-18(9-7-17)32(30,31)25-13-11-24(4)12-14-25/h5-10,15H,11-14H2,1-4H3,(H,23,27). The number of carbonyl (C=O) groups is 1. The molecule has 0 aliphatic carbocycles. The Kier molecular flexibility index (Phi) is 6.68. The molecule has 2 aromatic rings. The molecule has 1 amide bonds. The summed E-state index contributed by atoms with van der Waals surface area (Å²) in [7, 11) is -1.65. The van der Waals surface area contributed by atoms with Crippen molar-refractivity contribution in [3.8, 4) is 0 Å². The molecular weight excluding hydrogens is 432 g/mol. The van der Waals surface area contributed by atoms with E-state index in [1.165, 1.54) is 34.6 Å². The first-order chi connectivity index (χ1) is 14.9. The van der Waals surface area contributed by atoms with Crippen molar-refractivity contribution in [2.45, 2.75) is 31.1 Å². The van der Waals surface area contributed by atoms with Crippen LogP contribution >= 0.6 is 0 Å². The van der Waals surface area contributed by atoms with E-state index in [1.807, 2.05) is 27.8 Å². The van der Waals surface area contributed by atoms with Crippen molar-refractivity contribution in [1.82, 2.24) is 9.21 Å². The van der Waals surface area contributed by atoms with Crippen molar-refractivity contribution in [3.05, 3.63) is 63.7 Å². The fourth-order valence-corrected chi connectivity index (χ4v) is 4.97. The molecule has 9 nitrogen and oxygen atoms in total. The average Bonchev–Trinajstić information content (AvgIpc) is 2.73. The average molecular weight is 461 g/mol. The van der Waals surface area contributed by atoms with Gasteiger partial charge in [0.25, 0.3) is 11.6 Å². The topological polar surface area (TPSA) is 113 Å². The van der Waals surface area contributed by atoms with E-state index in [2.05, 4.69) is 10.2 Å². The smallest absolute Gasteiger partial charge is 0.273 e. The van der Waals surface area contributed by atoms with Gasteiger partial charge in [-0.3, -0.25) is 14.9 Å². The Morgan fingerprint density at radius 3 is 2.16 bits per heavy atom. The Morgan fingerprint density at radius 2 is 1.62 bits per heavy atom. The summed E-state index contributed by atoms with van der Waals surface area (Å²) >= 11 is 0. The van der Waals surface area contributed by atoms with Crippen LogP contribution in [0.2, 0.25) is 0 Å². The lowest BCUT2D eigenvalue weighted by atomic mass is 9.85. The minimum Gasteiger partial charge on any atom is -0.322 e. The van der Waals surface area contributed by atoms with Gasteiger partial charge in [0.2, 0.25) is 10.0 Å². The number of likely N-dealkylation sites (N-methyl/N-ethyl adjacent to an activating group) is 1. The summed E-state index contributed by atoms with van der Waals surface area (Å²) < 4.78 is 27.1. The molecule has 1 aliphatic heterocycles. The van der Waals surface area contributed by atoms with Gasteiger partial charge in [0.1, 0.15) is 0 Å². The number of nitrogens with zero attached hydrogens (tertiary/aromatic N) is 3. The summed E-state index contributed by atoms with van der Waals surface area (Å²) in [5, 5.41) is 14.2. The maximum absolute atomic E-state index is 12.8. The van der Waals surface area contributed by atoms with E-state index in [4.69, 9.17) is 0 Å². The Bertz CT molecular complexity index is 1120. The first-order valence-corrected chi connectivity index (χ1v) is 11.7. The molecule has 1 saturated heterocycles. The van der Waals surface area contributed by atoms with Crippen LogP contribution in [-0.2, 0) is 15.4 Å². The Hall–Kier alpha value is -2.82. The van der Waals surface area contributed by atoms with E-state index in [0.717, 1.165) is 0 Å². The minimum absolute atomic E-state index is 0.112. The van der Waals surface area contributed by atoms with Gasteiger partial charge in [-0.25, -0.2) is 8.42 Å². The van der Waals surface area contributed by atoms with Gasteiger partial charge in [0, 0.05) is 49.1 Å². The molecule has 0 bridgehead atoms. The molecule has 0 aromatic heterocycles. The zero-order valence-corrected chi connectivity index (χ0v) is 19.5. The largest absolute Gasteiger partial charge is 0.322 e. The van der Waals surface area contributed by atoms with Crippen LogP contribution in [-0.4, -0.2) is 61.7 Å². The maximum atomic E-state index is 12.8. The molecule has 32 heavy (non-hydrogen) atoms. The van der Waals surface area contributed by atoms with Gasteiger partial charge in [-0.05, 0) is 42.8 Å². The fourth-order valence-electron chi connectivity index (χ4n) is 3.55. The maximum Gasteiger partial charge on any atom is 0.273 e. The molecule has 3 rings (SSSR count). The predicted octanol–water partition coefficient (Wildman–Crippen LogP) is 3.08. The van der Waals surface area contributed by atoms with E-state index in [-0.39, 0.29) is 16.1 Å². The van der Waals surface area contributed by atoms with E-state index in [1.54, 1.807) is 12.1 Å². The highest BCUT2D eigenvalue weighted by molar-refractivity contribution is 7.89. The second-order valence-corrected chi connectivity index (χ2v) is 10.9. The van der Waals surface area contributed by atoms with Crippen LogP contribution in [0.4, 0.5) is 11.4 Å². The highest BCUT2D eigenvalue weighted by Gasteiger charge is 2.28. The number of piperazine rings is 1. The normalized spacial score (nSPS) is 16.0. The molecular formula is C22H28N4O5S. The monoisotopic (exact) mass is 460 g/mol. The molecule has 0 saturated carbocycles. The molecule has 172 valence electrons. The third kappa shape index (κ3) is 5.14. The van der Waals surface area contributed by atoms with Crippen LogP contribution in [0.15, 0.2) is 47.4 Å². The summed E-state index contributed by atoms with van der Waals surface area (Å²) in [6.07, 6.45) is 0. The number of nitro groups is 1. The van der Waals surface area contributed by atoms with Crippen molar-refractivity contribution < 1.29 is 18.1 Å². The third-order valence-electron chi connectivity index (χ3n) is 5.48. The summed E-state index contributed by atoms with van der Waals surface area (Å²) in [6, 6.07) is 10.3. The number of benzene rings is 2. The number of hydrogen-bond donors (Lipinski definition) is 1. The van der Waals surface area contributed by atoms with Gasteiger partial charge in [0.15, 0.2) is 0 Å². The Balaban J connectivity index is 1.76. The first-order valence-electron chi connectivity index (χ1n) is 10.3. The van der Waals surface area contributed by atoms with Gasteiger partial charge in [-0.15, -0.1) is 0 Å². The molecule has 1 N–H and O–H groups in total. The summed E-state index contributed by atoms with van der Waals surface area (Å²) in [6.45, 7) is 7.81. The molecule has 0 atom stereocenters. The number of anilines is 1. The zero-order chi connectivity index (χ0) is 23.7. The molecule has 0 spiro atoms. The number of hydrogen-bond acceptors (Lipinski definition) is 6. The van der Waals surface area contributed by atoms with Crippen LogP contribution < -0.4 is 5.32 Å². The third-order valence-corrected chi connectivity index (χ3v) is 7.39. The predicted molar refractivity (Wildman–Crippen MR) is 122 cm³/mol. The molecule has 1 heterocycles. The van der Waals surface area contributed by atoms with Gasteiger partial charge in [-0.2, -0.15) is 4.31 Å². The lowest BCUT2D eigenvalue weighted by molar-refractivity contribution is -0.386. The Labute approximate surface area is 188 Å². The van der Waals surface area contributed by atoms with Crippen molar-refractivity contribution in [2.75, 3.05) is 38.5 Å². The van der Waals surface area contributed by atoms with E-state index >= 15 is 0 Å². The fraction of sp³-hybridized carbons (Fsp3) is 0.409. The molecule has 1 fully saturated rings. The van der Waals surface area contributed by atoms with Gasteiger partial charge < -0.3 is 10.2 Å². The number of carbonyl (C=O) groups excluding carboxylic acids is 1. The summed E-state index contributed by atoms with van der Waals surface area (Å²) in [5.74, 6) is -0.511. The van der Waals surface area contributed by atoms with Crippen LogP contribution in [0, 0.1) is 10.1 Å². The molecule has 10 heteroatoms. The van der Waals surface area contributed by atoms with Crippen LogP contribution in [0.5, 0.6) is 0 Å².